The second-order valence-corrected chi connectivity index (χ2v) is 8.56. The zero-order chi connectivity index (χ0) is 15.4. The summed E-state index contributed by atoms with van der Waals surface area (Å²) in [6.45, 7) is 1.25. The van der Waals surface area contributed by atoms with Crippen molar-refractivity contribution in [1.29, 1.82) is 0 Å². The minimum atomic E-state index is -3.62. The van der Waals surface area contributed by atoms with E-state index in [2.05, 4.69) is 4.72 Å². The first-order valence-corrected chi connectivity index (χ1v) is 9.42. The van der Waals surface area contributed by atoms with E-state index >= 15 is 0 Å². The molecule has 0 aromatic rings. The Kier molecular flexibility index (Phi) is 6.05. The Hall–Kier alpha value is -0.580. The molecule has 1 heterocycles. The molecule has 1 fully saturated rings. The molecule has 1 rings (SSSR count). The smallest absolute Gasteiger partial charge is 0.214 e. The van der Waals surface area contributed by atoms with Crippen molar-refractivity contribution < 1.29 is 25.6 Å². The predicted molar refractivity (Wildman–Crippen MR) is 71.3 cm³/mol. The highest BCUT2D eigenvalue weighted by Crippen LogP contribution is 2.23. The minimum absolute atomic E-state index is 0.00946. The molecule has 118 valence electrons. The second kappa shape index (κ2) is 6.92. The fourth-order valence-corrected chi connectivity index (χ4v) is 3.88. The minimum Gasteiger partial charge on any atom is -0.214 e. The molecule has 0 unspecified atom stereocenters. The van der Waals surface area contributed by atoms with Crippen molar-refractivity contribution in [1.82, 2.24) is 9.03 Å². The van der Waals surface area contributed by atoms with E-state index in [1.54, 1.807) is 0 Å². The molecule has 1 aliphatic heterocycles. The maximum atomic E-state index is 12.4. The third-order valence-electron chi connectivity index (χ3n) is 3.05. The average Bonchev–Trinajstić information content (AvgIpc) is 2.38. The van der Waals surface area contributed by atoms with Crippen molar-refractivity contribution in [3.05, 3.63) is 11.7 Å². The molecule has 0 aliphatic carbocycles. The Morgan fingerprint density at radius 1 is 1.20 bits per heavy atom. The first-order valence-electron chi connectivity index (χ1n) is 6.16. The largest absolute Gasteiger partial charge is 0.269 e. The van der Waals surface area contributed by atoms with Gasteiger partial charge in [-0.15, -0.1) is 0 Å². The Bertz CT molecular complexity index is 558. The van der Waals surface area contributed by atoms with Gasteiger partial charge in [-0.3, -0.25) is 0 Å². The van der Waals surface area contributed by atoms with E-state index in [0.29, 0.717) is 0 Å². The van der Waals surface area contributed by atoms with Crippen LogP contribution in [0.4, 0.5) is 8.78 Å². The van der Waals surface area contributed by atoms with Gasteiger partial charge in [-0.2, -0.15) is 8.78 Å². The third-order valence-corrected chi connectivity index (χ3v) is 6.32. The van der Waals surface area contributed by atoms with E-state index in [1.165, 1.54) is 6.92 Å². The Labute approximate surface area is 117 Å². The summed E-state index contributed by atoms with van der Waals surface area (Å²) in [4.78, 5) is 0. The lowest BCUT2D eigenvalue weighted by molar-refractivity contribution is 0.350. The van der Waals surface area contributed by atoms with Gasteiger partial charge in [0.2, 0.25) is 20.0 Å². The summed E-state index contributed by atoms with van der Waals surface area (Å²) in [6, 6.07) is 0. The van der Waals surface area contributed by atoms with Gasteiger partial charge in [-0.05, 0) is 25.3 Å². The van der Waals surface area contributed by atoms with Crippen LogP contribution in [0, 0.1) is 0 Å². The molecule has 1 aliphatic rings. The van der Waals surface area contributed by atoms with E-state index in [-0.39, 0.29) is 49.6 Å². The summed E-state index contributed by atoms with van der Waals surface area (Å²) in [5, 5.41) is 0. The van der Waals surface area contributed by atoms with Crippen molar-refractivity contribution >= 4 is 20.0 Å². The summed E-state index contributed by atoms with van der Waals surface area (Å²) < 4.78 is 74.2. The predicted octanol–water partition coefficient (Wildman–Crippen LogP) is 0.502. The van der Waals surface area contributed by atoms with Gasteiger partial charge in [0.1, 0.15) is 0 Å². The fourth-order valence-electron chi connectivity index (χ4n) is 1.78. The zero-order valence-electron chi connectivity index (χ0n) is 11.1. The van der Waals surface area contributed by atoms with Crippen LogP contribution < -0.4 is 4.72 Å². The lowest BCUT2D eigenvalue weighted by Crippen LogP contribution is -2.41. The van der Waals surface area contributed by atoms with Crippen molar-refractivity contribution in [2.75, 3.05) is 31.1 Å². The number of hydrogen-bond donors (Lipinski definition) is 1. The topological polar surface area (TPSA) is 83.5 Å². The molecule has 0 atom stereocenters. The van der Waals surface area contributed by atoms with Crippen LogP contribution in [0.25, 0.3) is 0 Å². The Balaban J connectivity index is 2.53. The van der Waals surface area contributed by atoms with Crippen molar-refractivity contribution in [3.8, 4) is 0 Å². The molecule has 1 N–H and O–H groups in total. The monoisotopic (exact) mass is 332 g/mol. The van der Waals surface area contributed by atoms with E-state index in [0.717, 1.165) is 4.31 Å². The van der Waals surface area contributed by atoms with Gasteiger partial charge in [0.15, 0.2) is 0 Å². The number of halogens is 2. The zero-order valence-corrected chi connectivity index (χ0v) is 12.7. The first-order chi connectivity index (χ1) is 9.18. The quantitative estimate of drug-likeness (QED) is 0.768. The van der Waals surface area contributed by atoms with Crippen LogP contribution >= 0.6 is 0 Å². The van der Waals surface area contributed by atoms with Gasteiger partial charge in [0.25, 0.3) is 6.08 Å². The number of nitrogens with zero attached hydrogens (tertiary/aromatic N) is 1. The molecule has 0 aromatic heterocycles. The second-order valence-electron chi connectivity index (χ2n) is 4.38. The van der Waals surface area contributed by atoms with Crippen molar-refractivity contribution in [3.63, 3.8) is 0 Å². The van der Waals surface area contributed by atoms with Crippen molar-refractivity contribution in [2.45, 2.75) is 19.8 Å². The van der Waals surface area contributed by atoms with Crippen LogP contribution in [0.2, 0.25) is 0 Å². The van der Waals surface area contributed by atoms with Crippen molar-refractivity contribution in [2.24, 2.45) is 0 Å². The lowest BCUT2D eigenvalue weighted by atomic mass is 10.1. The van der Waals surface area contributed by atoms with Gasteiger partial charge < -0.3 is 0 Å². The molecular weight excluding hydrogens is 314 g/mol. The molecule has 0 spiro atoms. The molecule has 0 amide bonds. The van der Waals surface area contributed by atoms with Gasteiger partial charge >= 0.3 is 0 Å². The maximum Gasteiger partial charge on any atom is 0.269 e. The average molecular weight is 332 g/mol. The molecule has 0 bridgehead atoms. The highest BCUT2D eigenvalue weighted by Gasteiger charge is 2.27. The number of nitrogens with one attached hydrogen (secondary N) is 1. The number of rotatable bonds is 6. The number of piperidine rings is 1. The number of sulfonamides is 2. The van der Waals surface area contributed by atoms with Crippen LogP contribution in [0.1, 0.15) is 19.8 Å². The Morgan fingerprint density at radius 3 is 2.20 bits per heavy atom. The van der Waals surface area contributed by atoms with Crippen LogP contribution in [-0.2, 0) is 20.0 Å². The molecule has 0 saturated carbocycles. The van der Waals surface area contributed by atoms with E-state index in [9.17, 15) is 25.6 Å². The summed E-state index contributed by atoms with van der Waals surface area (Å²) in [5.74, 6) is -0.496. The van der Waals surface area contributed by atoms with Crippen LogP contribution in [0.5, 0.6) is 0 Å². The number of hydrogen-bond acceptors (Lipinski definition) is 4. The standard InChI is InChI=1S/C10H18F2N2O4S2/c1-2-19(15,16)13-5-8-20(17,18)14-6-3-9(4-7-14)10(11)12/h13H,2-8H2,1H3. The molecule has 20 heavy (non-hydrogen) atoms. The first kappa shape index (κ1) is 17.5. The molecule has 1 saturated heterocycles. The molecular formula is C10H18F2N2O4S2. The highest BCUT2D eigenvalue weighted by molar-refractivity contribution is 7.90. The van der Waals surface area contributed by atoms with Crippen LogP contribution in [-0.4, -0.2) is 52.3 Å². The maximum absolute atomic E-state index is 12.4. The van der Waals surface area contributed by atoms with E-state index in [4.69, 9.17) is 0 Å². The van der Waals surface area contributed by atoms with Gasteiger partial charge in [-0.1, -0.05) is 0 Å². The van der Waals surface area contributed by atoms with Gasteiger partial charge in [0, 0.05) is 19.6 Å². The Morgan fingerprint density at radius 2 is 1.75 bits per heavy atom. The third kappa shape index (κ3) is 5.08. The molecule has 10 heteroatoms. The summed E-state index contributed by atoms with van der Waals surface area (Å²) in [6.07, 6.45) is -1.71. The fraction of sp³-hybridized carbons (Fsp3) is 0.800. The summed E-state index contributed by atoms with van der Waals surface area (Å²) in [7, 11) is -7.06. The molecule has 0 radical (unpaired) electrons. The van der Waals surface area contributed by atoms with Gasteiger partial charge in [-0.25, -0.2) is 25.9 Å². The SMILES string of the molecule is CCS(=O)(=O)NCCS(=O)(=O)N1CCC(=C(F)F)CC1. The molecule has 6 nitrogen and oxygen atoms in total. The molecule has 0 aromatic carbocycles. The van der Waals surface area contributed by atoms with Crippen LogP contribution in [0.3, 0.4) is 0 Å². The summed E-state index contributed by atoms with van der Waals surface area (Å²) in [5.41, 5.74) is -0.0110. The highest BCUT2D eigenvalue weighted by atomic mass is 32.2. The van der Waals surface area contributed by atoms with Gasteiger partial charge in [0.05, 0.1) is 11.5 Å². The van der Waals surface area contributed by atoms with Crippen LogP contribution in [0.15, 0.2) is 11.7 Å². The van der Waals surface area contributed by atoms with E-state index < -0.39 is 26.1 Å². The summed E-state index contributed by atoms with van der Waals surface area (Å²) >= 11 is 0. The van der Waals surface area contributed by atoms with E-state index in [1.807, 2.05) is 0 Å². The lowest BCUT2D eigenvalue weighted by Gasteiger charge is -2.27. The normalized spacial score (nSPS) is 18.2.